The van der Waals surface area contributed by atoms with Crippen molar-refractivity contribution in [2.75, 3.05) is 0 Å². The zero-order valence-electron chi connectivity index (χ0n) is 14.3. The van der Waals surface area contributed by atoms with E-state index in [1.807, 2.05) is 12.2 Å². The molecule has 0 saturated carbocycles. The highest BCUT2D eigenvalue weighted by Crippen LogP contribution is 2.07. The number of rotatable bonds is 14. The van der Waals surface area contributed by atoms with Gasteiger partial charge in [-0.25, -0.2) is 4.79 Å². The van der Waals surface area contributed by atoms with Crippen LogP contribution in [0.1, 0.15) is 78.1 Å². The molecule has 3 heteroatoms. The topological polar surface area (TPSA) is 43.4 Å². The number of hydrogen-bond acceptors (Lipinski definition) is 3. The van der Waals surface area contributed by atoms with Crippen molar-refractivity contribution in [2.24, 2.45) is 0 Å². The number of ketones is 1. The number of carbonyl (C=O) groups is 2. The van der Waals surface area contributed by atoms with E-state index in [-0.39, 0.29) is 17.9 Å². The number of allylic oxidation sites excluding steroid dienone is 2. The van der Waals surface area contributed by atoms with E-state index >= 15 is 0 Å². The first-order valence-electron chi connectivity index (χ1n) is 8.59. The smallest absolute Gasteiger partial charge is 0.330 e. The van der Waals surface area contributed by atoms with E-state index in [1.165, 1.54) is 25.3 Å². The monoisotopic (exact) mass is 308 g/mol. The number of unbranched alkanes of at least 4 members (excludes halogenated alkanes) is 6. The van der Waals surface area contributed by atoms with Crippen molar-refractivity contribution < 1.29 is 14.3 Å². The van der Waals surface area contributed by atoms with Crippen LogP contribution < -0.4 is 0 Å². The van der Waals surface area contributed by atoms with Gasteiger partial charge >= 0.3 is 5.97 Å². The third kappa shape index (κ3) is 13.6. The Labute approximate surface area is 135 Å². The number of carbonyl (C=O) groups excluding carboxylic acids is 2. The zero-order chi connectivity index (χ0) is 16.6. The summed E-state index contributed by atoms with van der Waals surface area (Å²) in [4.78, 5) is 23.2. The van der Waals surface area contributed by atoms with E-state index in [4.69, 9.17) is 4.74 Å². The van der Waals surface area contributed by atoms with Crippen LogP contribution in [0.15, 0.2) is 24.8 Å². The molecule has 1 unspecified atom stereocenters. The summed E-state index contributed by atoms with van der Waals surface area (Å²) in [5, 5.41) is 0. The molecule has 0 saturated heterocycles. The van der Waals surface area contributed by atoms with Crippen molar-refractivity contribution in [3.63, 3.8) is 0 Å². The minimum Gasteiger partial charge on any atom is -0.459 e. The Morgan fingerprint density at radius 1 is 1.09 bits per heavy atom. The molecule has 3 nitrogen and oxygen atoms in total. The molecular formula is C19H32O3. The Balaban J connectivity index is 3.67. The van der Waals surface area contributed by atoms with Gasteiger partial charge in [-0.3, -0.25) is 4.79 Å². The molecule has 0 aromatic carbocycles. The molecule has 0 aliphatic carbocycles. The molecule has 0 fully saturated rings. The predicted molar refractivity (Wildman–Crippen MR) is 91.7 cm³/mol. The third-order valence-corrected chi connectivity index (χ3v) is 3.42. The van der Waals surface area contributed by atoms with Crippen molar-refractivity contribution >= 4 is 11.8 Å². The van der Waals surface area contributed by atoms with Crippen LogP contribution in [0.25, 0.3) is 0 Å². The number of ether oxygens (including phenoxy) is 1. The molecule has 0 aromatic rings. The molecule has 0 heterocycles. The minimum atomic E-state index is -0.345. The summed E-state index contributed by atoms with van der Waals surface area (Å²) < 4.78 is 5.20. The van der Waals surface area contributed by atoms with Gasteiger partial charge in [-0.2, -0.15) is 0 Å². The van der Waals surface area contributed by atoms with Gasteiger partial charge < -0.3 is 4.74 Å². The fourth-order valence-corrected chi connectivity index (χ4v) is 2.16. The summed E-state index contributed by atoms with van der Waals surface area (Å²) >= 11 is 0. The molecule has 0 radical (unpaired) electrons. The molecule has 1 atom stereocenters. The van der Waals surface area contributed by atoms with Crippen LogP contribution in [0.2, 0.25) is 0 Å². The lowest BCUT2D eigenvalue weighted by molar-refractivity contribution is -0.143. The van der Waals surface area contributed by atoms with E-state index in [2.05, 4.69) is 13.5 Å². The maximum atomic E-state index is 11.6. The summed E-state index contributed by atoms with van der Waals surface area (Å²) in [6, 6.07) is 0. The first kappa shape index (κ1) is 20.6. The lowest BCUT2D eigenvalue weighted by Crippen LogP contribution is -2.17. The molecular weight excluding hydrogens is 276 g/mol. The van der Waals surface area contributed by atoms with Crippen LogP contribution >= 0.6 is 0 Å². The average molecular weight is 308 g/mol. The first-order chi connectivity index (χ1) is 10.6. The van der Waals surface area contributed by atoms with Crippen molar-refractivity contribution in [1.82, 2.24) is 0 Å². The summed E-state index contributed by atoms with van der Waals surface area (Å²) in [6.45, 7) is 7.53. The van der Waals surface area contributed by atoms with Gasteiger partial charge in [-0.05, 0) is 39.0 Å². The standard InChI is InChI=1S/C19H32O3/c1-4-6-8-9-10-11-12-13-15-19(21)22-17(3)16-18(20)14-7-5-2/h4,13,15,17H,1,5-12,14,16H2,2-3H3. The lowest BCUT2D eigenvalue weighted by Gasteiger charge is -2.10. The van der Waals surface area contributed by atoms with Gasteiger partial charge in [0.25, 0.3) is 0 Å². The number of Topliss-reactive ketones (excluding diaryl/α,β-unsaturated/α-hetero) is 1. The van der Waals surface area contributed by atoms with Crippen LogP contribution in [0.3, 0.4) is 0 Å². The Kier molecular flexibility index (Phi) is 13.6. The van der Waals surface area contributed by atoms with Gasteiger partial charge in [0.1, 0.15) is 11.9 Å². The van der Waals surface area contributed by atoms with E-state index in [1.54, 1.807) is 6.92 Å². The quantitative estimate of drug-likeness (QED) is 0.193. The van der Waals surface area contributed by atoms with Crippen molar-refractivity contribution in [3.05, 3.63) is 24.8 Å². The summed E-state index contributed by atoms with van der Waals surface area (Å²) in [6.07, 6.45) is 14.4. The molecule has 0 aromatic heterocycles. The molecule has 0 N–H and O–H groups in total. The van der Waals surface area contributed by atoms with Crippen LogP contribution in [0.5, 0.6) is 0 Å². The van der Waals surface area contributed by atoms with Crippen LogP contribution in [0, 0.1) is 0 Å². The fraction of sp³-hybridized carbons (Fsp3) is 0.684. The Hall–Kier alpha value is -1.38. The van der Waals surface area contributed by atoms with Crippen molar-refractivity contribution in [2.45, 2.75) is 84.2 Å². The molecule has 0 aliphatic heterocycles. The van der Waals surface area contributed by atoms with E-state index < -0.39 is 0 Å². The predicted octanol–water partition coefficient (Wildman–Crippen LogP) is 5.15. The highest BCUT2D eigenvalue weighted by atomic mass is 16.5. The van der Waals surface area contributed by atoms with E-state index in [0.717, 1.165) is 32.1 Å². The van der Waals surface area contributed by atoms with Gasteiger partial charge in [0, 0.05) is 18.9 Å². The third-order valence-electron chi connectivity index (χ3n) is 3.42. The molecule has 0 bridgehead atoms. The highest BCUT2D eigenvalue weighted by molar-refractivity contribution is 5.83. The van der Waals surface area contributed by atoms with Crippen LogP contribution in [0.4, 0.5) is 0 Å². The first-order valence-corrected chi connectivity index (χ1v) is 8.59. The van der Waals surface area contributed by atoms with Crippen molar-refractivity contribution in [3.8, 4) is 0 Å². The van der Waals surface area contributed by atoms with Gasteiger partial charge in [0.15, 0.2) is 0 Å². The van der Waals surface area contributed by atoms with Crippen LogP contribution in [-0.2, 0) is 14.3 Å². The summed E-state index contributed by atoms with van der Waals surface area (Å²) in [5.74, 6) is -0.173. The normalized spacial score (nSPS) is 12.3. The SMILES string of the molecule is C=CCCCCCCC=CC(=O)OC(C)CC(=O)CCCC. The fourth-order valence-electron chi connectivity index (χ4n) is 2.16. The summed E-state index contributed by atoms with van der Waals surface area (Å²) in [7, 11) is 0. The molecule has 0 amide bonds. The van der Waals surface area contributed by atoms with E-state index in [0.29, 0.717) is 12.8 Å². The van der Waals surface area contributed by atoms with Crippen LogP contribution in [-0.4, -0.2) is 17.9 Å². The maximum absolute atomic E-state index is 11.6. The second kappa shape index (κ2) is 14.6. The minimum absolute atomic E-state index is 0.172. The molecule has 0 spiro atoms. The Bertz CT molecular complexity index is 345. The Morgan fingerprint density at radius 3 is 2.41 bits per heavy atom. The average Bonchev–Trinajstić information content (AvgIpc) is 2.47. The molecule has 22 heavy (non-hydrogen) atoms. The summed E-state index contributed by atoms with van der Waals surface area (Å²) in [5.41, 5.74) is 0. The Morgan fingerprint density at radius 2 is 1.77 bits per heavy atom. The lowest BCUT2D eigenvalue weighted by atomic mass is 10.1. The number of esters is 1. The molecule has 0 aliphatic rings. The van der Waals surface area contributed by atoms with Gasteiger partial charge in [-0.1, -0.05) is 38.3 Å². The second-order valence-electron chi connectivity index (χ2n) is 5.78. The van der Waals surface area contributed by atoms with Gasteiger partial charge in [0.2, 0.25) is 0 Å². The molecule has 126 valence electrons. The zero-order valence-corrected chi connectivity index (χ0v) is 14.3. The molecule has 0 rings (SSSR count). The van der Waals surface area contributed by atoms with Gasteiger partial charge in [0.05, 0.1) is 0 Å². The maximum Gasteiger partial charge on any atom is 0.330 e. The van der Waals surface area contributed by atoms with Gasteiger partial charge in [-0.15, -0.1) is 6.58 Å². The van der Waals surface area contributed by atoms with Crippen molar-refractivity contribution in [1.29, 1.82) is 0 Å². The largest absolute Gasteiger partial charge is 0.459 e. The second-order valence-corrected chi connectivity index (χ2v) is 5.78. The van der Waals surface area contributed by atoms with E-state index in [9.17, 15) is 9.59 Å². The highest BCUT2D eigenvalue weighted by Gasteiger charge is 2.11. The number of hydrogen-bond donors (Lipinski definition) is 0.